The van der Waals surface area contributed by atoms with E-state index in [9.17, 15) is 0 Å². The minimum Gasteiger partial charge on any atom is -0.378 e. The highest BCUT2D eigenvalue weighted by Gasteiger charge is 2.21. The molecule has 1 heterocycles. The van der Waals surface area contributed by atoms with E-state index in [0.29, 0.717) is 0 Å². The quantitative estimate of drug-likeness (QED) is 0.785. The van der Waals surface area contributed by atoms with Gasteiger partial charge in [-0.25, -0.2) is 0 Å². The lowest BCUT2D eigenvalue weighted by Gasteiger charge is -2.30. The maximum atomic E-state index is 5.68. The fourth-order valence-corrected chi connectivity index (χ4v) is 4.10. The first-order valence-electron chi connectivity index (χ1n) is 7.48. The van der Waals surface area contributed by atoms with Gasteiger partial charge in [0.15, 0.2) is 0 Å². The number of thioether (sulfide) groups is 1. The second-order valence-electron chi connectivity index (χ2n) is 5.18. The summed E-state index contributed by atoms with van der Waals surface area (Å²) >= 11 is 7.44. The standard InChI is InChI=1S/C18H19NOS2/c21-18(19-11-13-20-14-12-19)22-17(15-7-3-1-4-8-15)16-9-5-2-6-10-16/h1-10,17H,11-14H2. The Bertz CT molecular complexity index is 557. The van der Waals surface area contributed by atoms with Crippen molar-refractivity contribution in [2.24, 2.45) is 0 Å². The normalized spacial score (nSPS) is 15.0. The second kappa shape index (κ2) is 7.77. The molecular formula is C18H19NOS2. The second-order valence-corrected chi connectivity index (χ2v) is 6.92. The molecule has 3 rings (SSSR count). The van der Waals surface area contributed by atoms with E-state index >= 15 is 0 Å². The van der Waals surface area contributed by atoms with Gasteiger partial charge in [0.1, 0.15) is 4.32 Å². The summed E-state index contributed by atoms with van der Waals surface area (Å²) in [6.45, 7) is 3.31. The van der Waals surface area contributed by atoms with Crippen LogP contribution in [0.5, 0.6) is 0 Å². The molecule has 1 aliphatic heterocycles. The van der Waals surface area contributed by atoms with Gasteiger partial charge < -0.3 is 9.64 Å². The summed E-state index contributed by atoms with van der Waals surface area (Å²) in [4.78, 5) is 2.25. The van der Waals surface area contributed by atoms with Crippen LogP contribution in [0.3, 0.4) is 0 Å². The minimum absolute atomic E-state index is 0.234. The predicted molar refractivity (Wildman–Crippen MR) is 97.3 cm³/mol. The molecule has 22 heavy (non-hydrogen) atoms. The number of morpholine rings is 1. The Morgan fingerprint density at radius 2 is 1.41 bits per heavy atom. The lowest BCUT2D eigenvalue weighted by Crippen LogP contribution is -2.38. The number of benzene rings is 2. The van der Waals surface area contributed by atoms with Gasteiger partial charge in [-0.15, -0.1) is 0 Å². The highest BCUT2D eigenvalue weighted by molar-refractivity contribution is 8.23. The Hall–Kier alpha value is -1.36. The number of hydrogen-bond donors (Lipinski definition) is 0. The Kier molecular flexibility index (Phi) is 5.48. The molecule has 0 amide bonds. The zero-order chi connectivity index (χ0) is 15.2. The molecule has 0 unspecified atom stereocenters. The third-order valence-electron chi connectivity index (χ3n) is 3.69. The summed E-state index contributed by atoms with van der Waals surface area (Å²) in [6, 6.07) is 21.1. The molecule has 0 bridgehead atoms. The lowest BCUT2D eigenvalue weighted by molar-refractivity contribution is 0.0702. The Morgan fingerprint density at radius 1 is 0.909 bits per heavy atom. The minimum atomic E-state index is 0.234. The average Bonchev–Trinajstić information content (AvgIpc) is 2.62. The van der Waals surface area contributed by atoms with Gasteiger partial charge in [0.05, 0.1) is 18.5 Å². The molecule has 2 nitrogen and oxygen atoms in total. The lowest BCUT2D eigenvalue weighted by atomic mass is 10.0. The van der Waals surface area contributed by atoms with Gasteiger partial charge in [0.2, 0.25) is 0 Å². The van der Waals surface area contributed by atoms with Crippen molar-refractivity contribution in [2.75, 3.05) is 26.3 Å². The molecule has 0 aromatic heterocycles. The van der Waals surface area contributed by atoms with E-state index in [0.717, 1.165) is 30.6 Å². The summed E-state index contributed by atoms with van der Waals surface area (Å²) in [5, 5.41) is 0.234. The van der Waals surface area contributed by atoms with Crippen molar-refractivity contribution in [2.45, 2.75) is 5.25 Å². The van der Waals surface area contributed by atoms with Crippen LogP contribution in [0.4, 0.5) is 0 Å². The third-order valence-corrected chi connectivity index (χ3v) is 5.48. The fourth-order valence-electron chi connectivity index (χ4n) is 2.51. The van der Waals surface area contributed by atoms with Crippen LogP contribution < -0.4 is 0 Å². The molecule has 1 saturated heterocycles. The zero-order valence-electron chi connectivity index (χ0n) is 12.4. The van der Waals surface area contributed by atoms with Crippen molar-refractivity contribution in [3.8, 4) is 0 Å². The number of ether oxygens (including phenoxy) is 1. The van der Waals surface area contributed by atoms with E-state index < -0.39 is 0 Å². The van der Waals surface area contributed by atoms with E-state index in [-0.39, 0.29) is 5.25 Å². The molecule has 0 N–H and O–H groups in total. The Labute approximate surface area is 141 Å². The molecule has 1 aliphatic rings. The van der Waals surface area contributed by atoms with Gasteiger partial charge >= 0.3 is 0 Å². The molecular weight excluding hydrogens is 310 g/mol. The van der Waals surface area contributed by atoms with Crippen LogP contribution in [0.15, 0.2) is 60.7 Å². The van der Waals surface area contributed by atoms with Crippen LogP contribution in [0.25, 0.3) is 0 Å². The molecule has 1 fully saturated rings. The maximum absolute atomic E-state index is 5.68. The highest BCUT2D eigenvalue weighted by Crippen LogP contribution is 2.37. The van der Waals surface area contributed by atoms with Gasteiger partial charge in [-0.3, -0.25) is 0 Å². The first-order chi connectivity index (χ1) is 10.8. The zero-order valence-corrected chi connectivity index (χ0v) is 14.0. The maximum Gasteiger partial charge on any atom is 0.137 e. The highest BCUT2D eigenvalue weighted by atomic mass is 32.2. The van der Waals surface area contributed by atoms with Crippen molar-refractivity contribution < 1.29 is 4.74 Å². The Balaban J connectivity index is 1.81. The summed E-state index contributed by atoms with van der Waals surface area (Å²) < 4.78 is 6.37. The average molecular weight is 329 g/mol. The third kappa shape index (κ3) is 3.88. The van der Waals surface area contributed by atoms with E-state index in [1.807, 2.05) is 0 Å². The van der Waals surface area contributed by atoms with Crippen molar-refractivity contribution in [1.82, 2.24) is 4.90 Å². The monoisotopic (exact) mass is 329 g/mol. The molecule has 4 heteroatoms. The number of hydrogen-bond acceptors (Lipinski definition) is 3. The van der Waals surface area contributed by atoms with Crippen LogP contribution in [-0.2, 0) is 4.74 Å². The van der Waals surface area contributed by atoms with Gasteiger partial charge in [0.25, 0.3) is 0 Å². The van der Waals surface area contributed by atoms with Crippen molar-refractivity contribution in [3.05, 3.63) is 71.8 Å². The van der Waals surface area contributed by atoms with Crippen LogP contribution >= 0.6 is 24.0 Å². The van der Waals surface area contributed by atoms with E-state index in [4.69, 9.17) is 17.0 Å². The van der Waals surface area contributed by atoms with E-state index in [1.165, 1.54) is 11.1 Å². The van der Waals surface area contributed by atoms with E-state index in [2.05, 4.69) is 65.6 Å². The SMILES string of the molecule is S=C(SC(c1ccccc1)c1ccccc1)N1CCOCC1. The topological polar surface area (TPSA) is 12.5 Å². The Morgan fingerprint density at radius 3 is 1.91 bits per heavy atom. The van der Waals surface area contributed by atoms with Crippen molar-refractivity contribution in [1.29, 1.82) is 0 Å². The molecule has 0 spiro atoms. The summed E-state index contributed by atoms with van der Waals surface area (Å²) in [5.74, 6) is 0. The molecule has 0 atom stereocenters. The molecule has 2 aromatic rings. The van der Waals surface area contributed by atoms with Crippen LogP contribution in [0.1, 0.15) is 16.4 Å². The van der Waals surface area contributed by atoms with Crippen molar-refractivity contribution in [3.63, 3.8) is 0 Å². The first-order valence-corrected chi connectivity index (χ1v) is 8.76. The molecule has 114 valence electrons. The first kappa shape index (κ1) is 15.5. The van der Waals surface area contributed by atoms with Crippen LogP contribution in [0, 0.1) is 0 Å². The summed E-state index contributed by atoms with van der Waals surface area (Å²) in [5.41, 5.74) is 2.57. The van der Waals surface area contributed by atoms with Gasteiger partial charge in [-0.2, -0.15) is 0 Å². The predicted octanol–water partition coefficient (Wildman–Crippen LogP) is 4.13. The number of nitrogens with zero attached hydrogens (tertiary/aromatic N) is 1. The van der Waals surface area contributed by atoms with Crippen LogP contribution in [0.2, 0.25) is 0 Å². The van der Waals surface area contributed by atoms with Crippen molar-refractivity contribution >= 4 is 28.3 Å². The molecule has 0 radical (unpaired) electrons. The number of rotatable bonds is 3. The molecule has 0 saturated carbocycles. The number of thiocarbonyl (C=S) groups is 1. The molecule has 2 aromatic carbocycles. The van der Waals surface area contributed by atoms with Gasteiger partial charge in [-0.05, 0) is 11.1 Å². The fraction of sp³-hybridized carbons (Fsp3) is 0.278. The smallest absolute Gasteiger partial charge is 0.137 e. The largest absolute Gasteiger partial charge is 0.378 e. The summed E-state index contributed by atoms with van der Waals surface area (Å²) in [6.07, 6.45) is 0. The van der Waals surface area contributed by atoms with Gasteiger partial charge in [0, 0.05) is 13.1 Å². The summed E-state index contributed by atoms with van der Waals surface area (Å²) in [7, 11) is 0. The van der Waals surface area contributed by atoms with Gasteiger partial charge in [-0.1, -0.05) is 84.6 Å². The van der Waals surface area contributed by atoms with Crippen LogP contribution in [-0.4, -0.2) is 35.5 Å². The van der Waals surface area contributed by atoms with E-state index in [1.54, 1.807) is 11.8 Å². The molecule has 0 aliphatic carbocycles.